The molecule has 0 aromatic heterocycles. The Hall–Kier alpha value is -3.91. The van der Waals surface area contributed by atoms with Crippen LogP contribution in [0.15, 0.2) is 76.8 Å². The lowest BCUT2D eigenvalue weighted by Gasteiger charge is -2.26. The first kappa shape index (κ1) is 23.3. The third kappa shape index (κ3) is 4.87. The van der Waals surface area contributed by atoms with Crippen molar-refractivity contribution in [2.45, 2.75) is 13.5 Å². The topological polar surface area (TPSA) is 84.9 Å². The third-order valence-corrected chi connectivity index (χ3v) is 5.77. The molecule has 8 heteroatoms. The van der Waals surface area contributed by atoms with E-state index < -0.39 is 17.8 Å². The fraction of sp³-hybridized carbons (Fsp3) is 0.115. The van der Waals surface area contributed by atoms with Crippen LogP contribution < -0.4 is 19.7 Å². The van der Waals surface area contributed by atoms with Crippen LogP contribution in [0.5, 0.6) is 11.5 Å². The highest BCUT2D eigenvalue weighted by Crippen LogP contribution is 2.38. The molecule has 0 atom stereocenters. The molecular weight excluding hydrogens is 500 g/mol. The summed E-state index contributed by atoms with van der Waals surface area (Å²) in [5.41, 5.74) is 2.87. The highest BCUT2D eigenvalue weighted by atomic mass is 79.9. The maximum absolute atomic E-state index is 13.0. The smallest absolute Gasteiger partial charge is 0.335 e. The number of imide groups is 2. The first-order valence-electron chi connectivity index (χ1n) is 10.4. The van der Waals surface area contributed by atoms with E-state index >= 15 is 0 Å². The van der Waals surface area contributed by atoms with Gasteiger partial charge < -0.3 is 9.47 Å². The second-order valence-corrected chi connectivity index (χ2v) is 8.46. The van der Waals surface area contributed by atoms with Crippen molar-refractivity contribution in [3.8, 4) is 11.5 Å². The van der Waals surface area contributed by atoms with E-state index in [9.17, 15) is 14.4 Å². The summed E-state index contributed by atoms with van der Waals surface area (Å²) in [5, 5.41) is 2.22. The average Bonchev–Trinajstić information content (AvgIpc) is 2.82. The van der Waals surface area contributed by atoms with Gasteiger partial charge in [-0.1, -0.05) is 48.0 Å². The molecule has 172 valence electrons. The molecule has 1 aliphatic heterocycles. The number of barbiturate groups is 1. The lowest BCUT2D eigenvalue weighted by Crippen LogP contribution is -2.54. The lowest BCUT2D eigenvalue weighted by molar-refractivity contribution is -0.122. The Morgan fingerprint density at radius 3 is 2.38 bits per heavy atom. The number of rotatable bonds is 6. The normalized spacial score (nSPS) is 14.9. The summed E-state index contributed by atoms with van der Waals surface area (Å²) in [5.74, 6) is -0.564. The Balaban J connectivity index is 1.63. The van der Waals surface area contributed by atoms with Crippen molar-refractivity contribution in [3.63, 3.8) is 0 Å². The van der Waals surface area contributed by atoms with Gasteiger partial charge in [0.25, 0.3) is 11.8 Å². The summed E-state index contributed by atoms with van der Waals surface area (Å²) in [6.07, 6.45) is 1.41. The molecule has 1 aliphatic rings. The number of nitrogens with zero attached hydrogens (tertiary/aromatic N) is 1. The van der Waals surface area contributed by atoms with E-state index in [1.54, 1.807) is 42.5 Å². The van der Waals surface area contributed by atoms with Gasteiger partial charge in [-0.25, -0.2) is 9.69 Å². The molecule has 34 heavy (non-hydrogen) atoms. The zero-order chi connectivity index (χ0) is 24.2. The van der Waals surface area contributed by atoms with E-state index in [-0.39, 0.29) is 5.57 Å². The lowest BCUT2D eigenvalue weighted by atomic mass is 10.1. The summed E-state index contributed by atoms with van der Waals surface area (Å²) in [7, 11) is 1.51. The molecule has 0 spiro atoms. The van der Waals surface area contributed by atoms with Crippen molar-refractivity contribution >= 4 is 45.5 Å². The van der Waals surface area contributed by atoms with Crippen LogP contribution in [0.1, 0.15) is 16.7 Å². The molecule has 1 N–H and O–H groups in total. The van der Waals surface area contributed by atoms with Crippen molar-refractivity contribution in [3.05, 3.63) is 93.5 Å². The number of aryl methyl sites for hydroxylation is 1. The molecule has 3 aromatic rings. The second kappa shape index (κ2) is 9.93. The molecule has 0 bridgehead atoms. The Labute approximate surface area is 205 Å². The van der Waals surface area contributed by atoms with Gasteiger partial charge in [-0.2, -0.15) is 0 Å². The SMILES string of the molecule is COc1cc(/C=C2\C(=O)NC(=O)N(c3ccccc3)C2=O)cc(Br)c1OCc1ccc(C)cc1. The zero-order valence-corrected chi connectivity index (χ0v) is 20.1. The van der Waals surface area contributed by atoms with E-state index in [2.05, 4.69) is 21.2 Å². The predicted octanol–water partition coefficient (Wildman–Crippen LogP) is 5.01. The number of urea groups is 1. The molecule has 4 rings (SSSR count). The summed E-state index contributed by atoms with van der Waals surface area (Å²) in [4.78, 5) is 38.8. The third-order valence-electron chi connectivity index (χ3n) is 5.18. The second-order valence-electron chi connectivity index (χ2n) is 7.60. The molecule has 1 fully saturated rings. The van der Waals surface area contributed by atoms with Gasteiger partial charge in [0.2, 0.25) is 0 Å². The average molecular weight is 521 g/mol. The molecule has 4 amide bonds. The standard InChI is InChI=1S/C26H21BrN2O5/c1-16-8-10-17(11-9-16)15-34-23-21(27)13-18(14-22(23)33-2)12-20-24(30)28-26(32)29(25(20)31)19-6-4-3-5-7-19/h3-14H,15H2,1-2H3,(H,28,30,32)/b20-12+. The van der Waals surface area contributed by atoms with Gasteiger partial charge in [0, 0.05) is 0 Å². The number of amides is 4. The predicted molar refractivity (Wildman–Crippen MR) is 132 cm³/mol. The van der Waals surface area contributed by atoms with Gasteiger partial charge >= 0.3 is 6.03 Å². The van der Waals surface area contributed by atoms with Crippen LogP contribution in [0.3, 0.4) is 0 Å². The first-order chi connectivity index (χ1) is 16.4. The van der Waals surface area contributed by atoms with E-state index in [4.69, 9.17) is 9.47 Å². The maximum Gasteiger partial charge on any atom is 0.335 e. The molecule has 0 aliphatic carbocycles. The number of ether oxygens (including phenoxy) is 2. The van der Waals surface area contributed by atoms with Gasteiger partial charge in [0.1, 0.15) is 12.2 Å². The Bertz CT molecular complexity index is 1290. The van der Waals surface area contributed by atoms with Crippen LogP contribution in [0.25, 0.3) is 6.08 Å². The summed E-state index contributed by atoms with van der Waals surface area (Å²) in [6, 6.07) is 19.0. The molecule has 7 nitrogen and oxygen atoms in total. The Morgan fingerprint density at radius 2 is 1.71 bits per heavy atom. The summed E-state index contributed by atoms with van der Waals surface area (Å²) in [6.45, 7) is 2.36. The highest BCUT2D eigenvalue weighted by Gasteiger charge is 2.36. The number of anilines is 1. The number of para-hydroxylation sites is 1. The van der Waals surface area contributed by atoms with Crippen LogP contribution in [0.4, 0.5) is 10.5 Å². The van der Waals surface area contributed by atoms with Crippen molar-refractivity contribution in [2.75, 3.05) is 12.0 Å². The maximum atomic E-state index is 13.0. The minimum Gasteiger partial charge on any atom is -0.493 e. The van der Waals surface area contributed by atoms with E-state index in [1.807, 2.05) is 31.2 Å². The Morgan fingerprint density at radius 1 is 1.00 bits per heavy atom. The number of halogens is 1. The Kier molecular flexibility index (Phi) is 6.79. The molecule has 0 radical (unpaired) electrons. The highest BCUT2D eigenvalue weighted by molar-refractivity contribution is 9.10. The number of hydrogen-bond acceptors (Lipinski definition) is 5. The molecule has 1 heterocycles. The van der Waals surface area contributed by atoms with Gasteiger partial charge in [0.05, 0.1) is 17.3 Å². The molecule has 0 saturated carbocycles. The molecular formula is C26H21BrN2O5. The number of benzene rings is 3. The number of methoxy groups -OCH3 is 1. The monoisotopic (exact) mass is 520 g/mol. The number of carbonyl (C=O) groups excluding carboxylic acids is 3. The minimum atomic E-state index is -0.794. The molecule has 0 unspecified atom stereocenters. The van der Waals surface area contributed by atoms with Crippen LogP contribution >= 0.6 is 15.9 Å². The van der Waals surface area contributed by atoms with Crippen molar-refractivity contribution < 1.29 is 23.9 Å². The van der Waals surface area contributed by atoms with Gasteiger partial charge in [-0.05, 0) is 64.3 Å². The molecule has 1 saturated heterocycles. The first-order valence-corrected chi connectivity index (χ1v) is 11.2. The van der Waals surface area contributed by atoms with Crippen LogP contribution in [-0.2, 0) is 16.2 Å². The number of nitrogens with one attached hydrogen (secondary N) is 1. The van der Waals surface area contributed by atoms with Crippen molar-refractivity contribution in [1.29, 1.82) is 0 Å². The fourth-order valence-electron chi connectivity index (χ4n) is 3.44. The van der Waals surface area contributed by atoms with Gasteiger partial charge in [-0.3, -0.25) is 14.9 Å². The summed E-state index contributed by atoms with van der Waals surface area (Å²) < 4.78 is 12.0. The molecule has 3 aromatic carbocycles. The van der Waals surface area contributed by atoms with E-state index in [0.717, 1.165) is 16.0 Å². The quantitative estimate of drug-likeness (QED) is 0.364. The number of carbonyl (C=O) groups is 3. The van der Waals surface area contributed by atoms with Crippen LogP contribution in [0.2, 0.25) is 0 Å². The van der Waals surface area contributed by atoms with Crippen LogP contribution in [0, 0.1) is 6.92 Å². The van der Waals surface area contributed by atoms with E-state index in [1.165, 1.54) is 13.2 Å². The zero-order valence-electron chi connectivity index (χ0n) is 18.5. The largest absolute Gasteiger partial charge is 0.493 e. The van der Waals surface area contributed by atoms with E-state index in [0.29, 0.717) is 33.8 Å². The minimum absolute atomic E-state index is 0.175. The van der Waals surface area contributed by atoms with Gasteiger partial charge in [-0.15, -0.1) is 0 Å². The summed E-state index contributed by atoms with van der Waals surface area (Å²) >= 11 is 3.49. The van der Waals surface area contributed by atoms with Crippen LogP contribution in [-0.4, -0.2) is 25.0 Å². The number of hydrogen-bond donors (Lipinski definition) is 1. The fourth-order valence-corrected chi connectivity index (χ4v) is 4.01. The van der Waals surface area contributed by atoms with Crippen molar-refractivity contribution in [2.24, 2.45) is 0 Å². The van der Waals surface area contributed by atoms with Gasteiger partial charge in [0.15, 0.2) is 11.5 Å². The van der Waals surface area contributed by atoms with Crippen molar-refractivity contribution in [1.82, 2.24) is 5.32 Å².